The Kier molecular flexibility index (Phi) is 3.87. The minimum Gasteiger partial charge on any atom is -0.303 e. The van der Waals surface area contributed by atoms with Gasteiger partial charge in [-0.3, -0.25) is 0 Å². The largest absolute Gasteiger partial charge is 0.303 e. The van der Waals surface area contributed by atoms with E-state index in [4.69, 9.17) is 0 Å². The molecule has 0 aromatic heterocycles. The molecule has 0 aliphatic carbocycles. The third kappa shape index (κ3) is 2.99. The maximum absolute atomic E-state index is 10.2. The van der Waals surface area contributed by atoms with E-state index < -0.39 is 0 Å². The molecule has 0 amide bonds. The maximum atomic E-state index is 10.2. The number of unbranched alkanes of at least 4 members (excludes halogenated alkanes) is 1. The molecule has 1 aromatic carbocycles. The summed E-state index contributed by atoms with van der Waals surface area (Å²) in [6, 6.07) is 10.5. The van der Waals surface area contributed by atoms with Crippen LogP contribution in [-0.4, -0.2) is 6.29 Å². The van der Waals surface area contributed by atoms with Gasteiger partial charge in [0.1, 0.15) is 6.29 Å². The Morgan fingerprint density at radius 1 is 1.21 bits per heavy atom. The number of carbonyl (C=O) groups is 1. The topological polar surface area (TPSA) is 17.1 Å². The highest BCUT2D eigenvalue weighted by Crippen LogP contribution is 2.28. The molecule has 0 heterocycles. The first kappa shape index (κ1) is 11.0. The molecule has 0 unspecified atom stereocenters. The van der Waals surface area contributed by atoms with Crippen molar-refractivity contribution in [2.45, 2.75) is 38.5 Å². The summed E-state index contributed by atoms with van der Waals surface area (Å²) < 4.78 is 0. The van der Waals surface area contributed by atoms with Crippen molar-refractivity contribution in [1.82, 2.24) is 0 Å². The molecule has 14 heavy (non-hydrogen) atoms. The molecular formula is C13H18O. The Morgan fingerprint density at radius 2 is 1.86 bits per heavy atom. The molecule has 0 aliphatic rings. The van der Waals surface area contributed by atoms with E-state index in [1.807, 2.05) is 6.07 Å². The first-order valence-electron chi connectivity index (χ1n) is 5.16. The summed E-state index contributed by atoms with van der Waals surface area (Å²) >= 11 is 0. The molecule has 0 radical (unpaired) electrons. The molecule has 0 saturated heterocycles. The molecule has 76 valence electrons. The molecule has 0 atom stereocenters. The van der Waals surface area contributed by atoms with Gasteiger partial charge in [-0.1, -0.05) is 44.2 Å². The van der Waals surface area contributed by atoms with E-state index in [0.717, 1.165) is 19.1 Å². The molecule has 1 nitrogen and oxygen atoms in total. The van der Waals surface area contributed by atoms with Gasteiger partial charge >= 0.3 is 0 Å². The van der Waals surface area contributed by atoms with Gasteiger partial charge in [-0.15, -0.1) is 0 Å². The van der Waals surface area contributed by atoms with Crippen LogP contribution >= 0.6 is 0 Å². The second-order valence-corrected chi connectivity index (χ2v) is 4.31. The fraction of sp³-hybridized carbons (Fsp3) is 0.462. The lowest BCUT2D eigenvalue weighted by molar-refractivity contribution is -0.107. The highest BCUT2D eigenvalue weighted by molar-refractivity contribution is 5.49. The first-order chi connectivity index (χ1) is 6.67. The van der Waals surface area contributed by atoms with Crippen molar-refractivity contribution in [3.63, 3.8) is 0 Å². The van der Waals surface area contributed by atoms with Crippen molar-refractivity contribution in [3.05, 3.63) is 35.9 Å². The van der Waals surface area contributed by atoms with Crippen molar-refractivity contribution in [2.24, 2.45) is 0 Å². The smallest absolute Gasteiger partial charge is 0.119 e. The van der Waals surface area contributed by atoms with E-state index >= 15 is 0 Å². The van der Waals surface area contributed by atoms with Crippen LogP contribution in [0.15, 0.2) is 30.3 Å². The quantitative estimate of drug-likeness (QED) is 0.514. The van der Waals surface area contributed by atoms with Gasteiger partial charge in [0.15, 0.2) is 0 Å². The van der Waals surface area contributed by atoms with Crippen LogP contribution < -0.4 is 0 Å². The number of carbonyl (C=O) groups excluding carboxylic acids is 1. The lowest BCUT2D eigenvalue weighted by Crippen LogP contribution is -2.16. The second-order valence-electron chi connectivity index (χ2n) is 4.31. The van der Waals surface area contributed by atoms with Crippen molar-refractivity contribution < 1.29 is 4.79 Å². The van der Waals surface area contributed by atoms with E-state index in [1.165, 1.54) is 5.56 Å². The van der Waals surface area contributed by atoms with Crippen LogP contribution in [-0.2, 0) is 10.2 Å². The Hall–Kier alpha value is -1.11. The van der Waals surface area contributed by atoms with E-state index in [9.17, 15) is 4.79 Å². The molecule has 0 bridgehead atoms. The highest BCUT2D eigenvalue weighted by Gasteiger charge is 2.18. The summed E-state index contributed by atoms with van der Waals surface area (Å²) in [5.41, 5.74) is 1.54. The number of hydrogen-bond acceptors (Lipinski definition) is 1. The van der Waals surface area contributed by atoms with Crippen LogP contribution in [0.2, 0.25) is 0 Å². The van der Waals surface area contributed by atoms with E-state index in [1.54, 1.807) is 0 Å². The SMILES string of the molecule is CC(C)(CCCC=O)c1ccccc1. The molecule has 1 aromatic rings. The number of hydrogen-bond donors (Lipinski definition) is 0. The van der Waals surface area contributed by atoms with Crippen LogP contribution in [0.4, 0.5) is 0 Å². The molecule has 0 N–H and O–H groups in total. The van der Waals surface area contributed by atoms with Crippen molar-refractivity contribution in [2.75, 3.05) is 0 Å². The average Bonchev–Trinajstić information content (AvgIpc) is 2.19. The summed E-state index contributed by atoms with van der Waals surface area (Å²) in [6.45, 7) is 4.46. The second kappa shape index (κ2) is 4.94. The third-order valence-electron chi connectivity index (χ3n) is 2.68. The monoisotopic (exact) mass is 190 g/mol. The summed E-state index contributed by atoms with van der Waals surface area (Å²) in [5.74, 6) is 0. The summed E-state index contributed by atoms with van der Waals surface area (Å²) in [5, 5.41) is 0. The zero-order chi connectivity index (χ0) is 10.4. The Balaban J connectivity index is 2.61. The average molecular weight is 190 g/mol. The normalized spacial score (nSPS) is 11.3. The van der Waals surface area contributed by atoms with E-state index in [0.29, 0.717) is 6.42 Å². The van der Waals surface area contributed by atoms with Crippen LogP contribution in [0.1, 0.15) is 38.7 Å². The van der Waals surface area contributed by atoms with Gasteiger partial charge in [0.05, 0.1) is 0 Å². The van der Waals surface area contributed by atoms with Crippen LogP contribution in [0.25, 0.3) is 0 Å². The molecule has 0 fully saturated rings. The van der Waals surface area contributed by atoms with Crippen LogP contribution in [0.3, 0.4) is 0 Å². The van der Waals surface area contributed by atoms with Gasteiger partial charge in [0.2, 0.25) is 0 Å². The third-order valence-corrected chi connectivity index (χ3v) is 2.68. The van der Waals surface area contributed by atoms with Crippen molar-refractivity contribution >= 4 is 6.29 Å². The summed E-state index contributed by atoms with van der Waals surface area (Å²) in [4.78, 5) is 10.2. The predicted octanol–water partition coefficient (Wildman–Crippen LogP) is 3.33. The van der Waals surface area contributed by atoms with Gasteiger partial charge in [-0.2, -0.15) is 0 Å². The minimum atomic E-state index is 0.185. The molecule has 0 spiro atoms. The van der Waals surface area contributed by atoms with Crippen molar-refractivity contribution in [3.8, 4) is 0 Å². The molecular weight excluding hydrogens is 172 g/mol. The Labute approximate surface area is 86.1 Å². The number of rotatable bonds is 5. The van der Waals surface area contributed by atoms with Crippen LogP contribution in [0.5, 0.6) is 0 Å². The Morgan fingerprint density at radius 3 is 2.43 bits per heavy atom. The highest BCUT2D eigenvalue weighted by atomic mass is 16.1. The molecule has 0 aliphatic heterocycles. The van der Waals surface area contributed by atoms with Gasteiger partial charge in [0.25, 0.3) is 0 Å². The van der Waals surface area contributed by atoms with Gasteiger partial charge in [-0.25, -0.2) is 0 Å². The predicted molar refractivity (Wildman–Crippen MR) is 59.4 cm³/mol. The minimum absolute atomic E-state index is 0.185. The molecule has 0 saturated carbocycles. The lowest BCUT2D eigenvalue weighted by Gasteiger charge is -2.24. The van der Waals surface area contributed by atoms with Crippen molar-refractivity contribution in [1.29, 1.82) is 0 Å². The van der Waals surface area contributed by atoms with E-state index in [-0.39, 0.29) is 5.41 Å². The zero-order valence-corrected chi connectivity index (χ0v) is 8.99. The van der Waals surface area contributed by atoms with Gasteiger partial charge in [-0.05, 0) is 23.8 Å². The zero-order valence-electron chi connectivity index (χ0n) is 8.99. The van der Waals surface area contributed by atoms with Gasteiger partial charge in [0, 0.05) is 6.42 Å². The Bertz CT molecular complexity index is 275. The maximum Gasteiger partial charge on any atom is 0.119 e. The lowest BCUT2D eigenvalue weighted by atomic mass is 9.80. The van der Waals surface area contributed by atoms with Gasteiger partial charge < -0.3 is 4.79 Å². The standard InChI is InChI=1S/C13H18O/c1-13(2,10-6-7-11-14)12-8-4-3-5-9-12/h3-5,8-9,11H,6-7,10H2,1-2H3. The molecule has 1 heteroatoms. The number of aldehydes is 1. The number of benzene rings is 1. The fourth-order valence-corrected chi connectivity index (χ4v) is 1.66. The fourth-order valence-electron chi connectivity index (χ4n) is 1.66. The van der Waals surface area contributed by atoms with E-state index in [2.05, 4.69) is 38.1 Å². The van der Waals surface area contributed by atoms with Crippen LogP contribution in [0, 0.1) is 0 Å². The summed E-state index contributed by atoms with van der Waals surface area (Å²) in [6.07, 6.45) is 3.72. The first-order valence-corrected chi connectivity index (χ1v) is 5.16. The summed E-state index contributed by atoms with van der Waals surface area (Å²) in [7, 11) is 0. The molecule has 1 rings (SSSR count).